The van der Waals surface area contributed by atoms with E-state index in [9.17, 15) is 9.59 Å². The summed E-state index contributed by atoms with van der Waals surface area (Å²) in [5.41, 5.74) is 5.88. The number of thiazole rings is 1. The second-order valence-corrected chi connectivity index (χ2v) is 6.50. The van der Waals surface area contributed by atoms with Crippen LogP contribution in [0.1, 0.15) is 18.5 Å². The van der Waals surface area contributed by atoms with Crippen LogP contribution in [0.25, 0.3) is 4.96 Å². The van der Waals surface area contributed by atoms with Gasteiger partial charge in [0.15, 0.2) is 4.96 Å². The lowest BCUT2D eigenvalue weighted by Gasteiger charge is -2.32. The summed E-state index contributed by atoms with van der Waals surface area (Å²) < 4.78 is 1.56. The van der Waals surface area contributed by atoms with Crippen molar-refractivity contribution in [1.82, 2.24) is 19.6 Å². The Labute approximate surface area is 131 Å². The van der Waals surface area contributed by atoms with Crippen LogP contribution >= 0.6 is 11.3 Å². The van der Waals surface area contributed by atoms with Gasteiger partial charge in [0.2, 0.25) is 0 Å². The summed E-state index contributed by atoms with van der Waals surface area (Å²) in [4.78, 5) is 30.3. The number of likely N-dealkylation sites (tertiary alicyclic amines) is 1. The summed E-state index contributed by atoms with van der Waals surface area (Å²) in [6, 6.07) is 1.13. The zero-order valence-electron chi connectivity index (χ0n) is 12.2. The van der Waals surface area contributed by atoms with Gasteiger partial charge in [0, 0.05) is 37.3 Å². The Morgan fingerprint density at radius 1 is 1.55 bits per heavy atom. The van der Waals surface area contributed by atoms with Crippen molar-refractivity contribution in [2.45, 2.75) is 19.4 Å². The van der Waals surface area contributed by atoms with E-state index in [4.69, 9.17) is 5.73 Å². The average Bonchev–Trinajstić information content (AvgIpc) is 2.94. The highest BCUT2D eigenvalue weighted by Gasteiger charge is 2.20. The first-order valence-corrected chi connectivity index (χ1v) is 8.21. The van der Waals surface area contributed by atoms with Gasteiger partial charge in [-0.05, 0) is 25.3 Å². The highest BCUT2D eigenvalue weighted by molar-refractivity contribution is 7.15. The van der Waals surface area contributed by atoms with E-state index in [0.717, 1.165) is 36.6 Å². The van der Waals surface area contributed by atoms with Gasteiger partial charge in [-0.3, -0.25) is 14.1 Å². The van der Waals surface area contributed by atoms with E-state index in [1.54, 1.807) is 16.7 Å². The predicted molar refractivity (Wildman–Crippen MR) is 84.9 cm³/mol. The molecule has 2 aromatic rings. The number of piperidine rings is 1. The molecule has 0 bridgehead atoms. The molecule has 1 saturated heterocycles. The summed E-state index contributed by atoms with van der Waals surface area (Å²) in [6.07, 6.45) is 3.90. The van der Waals surface area contributed by atoms with Crippen LogP contribution in [0.5, 0.6) is 0 Å². The van der Waals surface area contributed by atoms with Gasteiger partial charge in [0.1, 0.15) is 0 Å². The van der Waals surface area contributed by atoms with Gasteiger partial charge in [-0.15, -0.1) is 11.3 Å². The lowest BCUT2D eigenvalue weighted by atomic mass is 9.98. The van der Waals surface area contributed by atoms with Crippen LogP contribution in [0.4, 0.5) is 4.79 Å². The summed E-state index contributed by atoms with van der Waals surface area (Å²) in [5, 5.41) is 4.54. The Kier molecular flexibility index (Phi) is 4.39. The third-order valence-electron chi connectivity index (χ3n) is 3.91. The van der Waals surface area contributed by atoms with Crippen LogP contribution in [0.3, 0.4) is 0 Å². The molecule has 3 heterocycles. The first-order valence-electron chi connectivity index (χ1n) is 7.33. The van der Waals surface area contributed by atoms with Crippen molar-refractivity contribution in [3.63, 3.8) is 0 Å². The number of amides is 2. The summed E-state index contributed by atoms with van der Waals surface area (Å²) in [7, 11) is 0. The number of rotatable bonds is 4. The van der Waals surface area contributed by atoms with Gasteiger partial charge in [-0.2, -0.15) is 0 Å². The molecule has 0 spiro atoms. The number of carbonyl (C=O) groups is 1. The van der Waals surface area contributed by atoms with Crippen LogP contribution in [0.15, 0.2) is 22.4 Å². The smallest absolute Gasteiger partial charge is 0.312 e. The van der Waals surface area contributed by atoms with Crippen molar-refractivity contribution in [3.05, 3.63) is 33.7 Å². The molecule has 1 aliphatic rings. The molecule has 118 valence electrons. The van der Waals surface area contributed by atoms with Gasteiger partial charge in [-0.25, -0.2) is 9.78 Å². The molecular formula is C14H19N5O2S. The molecule has 0 radical (unpaired) electrons. The molecule has 22 heavy (non-hydrogen) atoms. The number of carbonyl (C=O) groups excluding carboxylic acids is 1. The summed E-state index contributed by atoms with van der Waals surface area (Å²) in [6.45, 7) is 3.13. The minimum Gasteiger partial charge on any atom is -0.352 e. The van der Waals surface area contributed by atoms with E-state index in [-0.39, 0.29) is 5.56 Å². The maximum absolute atomic E-state index is 12.0. The molecule has 8 heteroatoms. The van der Waals surface area contributed by atoms with E-state index < -0.39 is 6.03 Å². The van der Waals surface area contributed by atoms with Gasteiger partial charge in [0.05, 0.1) is 5.69 Å². The highest BCUT2D eigenvalue weighted by Crippen LogP contribution is 2.17. The second-order valence-electron chi connectivity index (χ2n) is 5.63. The number of aromatic nitrogens is 2. The number of nitrogens with two attached hydrogens (primary N) is 1. The topological polar surface area (TPSA) is 92.7 Å². The monoisotopic (exact) mass is 321 g/mol. The molecule has 0 aliphatic carbocycles. The maximum atomic E-state index is 12.0. The fourth-order valence-electron chi connectivity index (χ4n) is 2.90. The summed E-state index contributed by atoms with van der Waals surface area (Å²) >= 11 is 1.46. The lowest BCUT2D eigenvalue weighted by molar-refractivity contribution is 0.164. The Hall–Kier alpha value is -1.93. The Morgan fingerprint density at radius 2 is 2.41 bits per heavy atom. The molecule has 1 atom stereocenters. The standard InChI is InChI=1S/C14H19N5O2S/c15-13(21)16-7-10-2-1-3-18(8-10)9-11-6-12(20)19-4-5-22-14(19)17-11/h4-6,10H,1-3,7-9H2,(H3,15,16,21). The van der Waals surface area contributed by atoms with Crippen LogP contribution < -0.4 is 16.6 Å². The van der Waals surface area contributed by atoms with E-state index in [1.807, 2.05) is 5.38 Å². The third kappa shape index (κ3) is 3.45. The van der Waals surface area contributed by atoms with Gasteiger partial charge in [-0.1, -0.05) is 0 Å². The molecule has 3 rings (SSSR count). The highest BCUT2D eigenvalue weighted by atomic mass is 32.1. The molecule has 1 fully saturated rings. The molecule has 2 amide bonds. The largest absolute Gasteiger partial charge is 0.352 e. The van der Waals surface area contributed by atoms with Gasteiger partial charge < -0.3 is 11.1 Å². The number of urea groups is 1. The van der Waals surface area contributed by atoms with Crippen molar-refractivity contribution in [2.75, 3.05) is 19.6 Å². The quantitative estimate of drug-likeness (QED) is 0.864. The number of hydrogen-bond donors (Lipinski definition) is 2. The third-order valence-corrected chi connectivity index (χ3v) is 4.67. The van der Waals surface area contributed by atoms with Crippen molar-refractivity contribution in [1.29, 1.82) is 0 Å². The average molecular weight is 321 g/mol. The number of nitrogens with one attached hydrogen (secondary N) is 1. The molecular weight excluding hydrogens is 302 g/mol. The zero-order valence-corrected chi connectivity index (χ0v) is 13.0. The fourth-order valence-corrected chi connectivity index (χ4v) is 3.64. The first-order chi connectivity index (χ1) is 10.6. The van der Waals surface area contributed by atoms with E-state index in [1.165, 1.54) is 11.3 Å². The van der Waals surface area contributed by atoms with Gasteiger partial charge in [0.25, 0.3) is 5.56 Å². The Balaban J connectivity index is 1.66. The number of fused-ring (bicyclic) bond motifs is 1. The normalized spacial score (nSPS) is 19.4. The predicted octanol–water partition coefficient (Wildman–Crippen LogP) is 0.636. The molecule has 7 nitrogen and oxygen atoms in total. The maximum Gasteiger partial charge on any atom is 0.312 e. The fraction of sp³-hybridized carbons (Fsp3) is 0.500. The number of primary amides is 1. The van der Waals surface area contributed by atoms with Crippen LogP contribution in [0, 0.1) is 5.92 Å². The minimum atomic E-state index is -0.477. The van der Waals surface area contributed by atoms with Gasteiger partial charge >= 0.3 is 6.03 Å². The van der Waals surface area contributed by atoms with Crippen molar-refractivity contribution < 1.29 is 4.79 Å². The molecule has 3 N–H and O–H groups in total. The molecule has 1 unspecified atom stereocenters. The summed E-state index contributed by atoms with van der Waals surface area (Å²) in [5.74, 6) is 0.396. The van der Waals surface area contributed by atoms with Crippen LogP contribution in [-0.2, 0) is 6.54 Å². The molecule has 0 saturated carbocycles. The number of hydrogen-bond acceptors (Lipinski definition) is 5. The first kappa shape index (κ1) is 15.0. The van der Waals surface area contributed by atoms with E-state index >= 15 is 0 Å². The van der Waals surface area contributed by atoms with Crippen LogP contribution in [0.2, 0.25) is 0 Å². The van der Waals surface area contributed by atoms with E-state index in [0.29, 0.717) is 19.0 Å². The van der Waals surface area contributed by atoms with Crippen LogP contribution in [-0.4, -0.2) is 39.9 Å². The zero-order chi connectivity index (χ0) is 15.5. The van der Waals surface area contributed by atoms with Crippen molar-refractivity contribution in [2.24, 2.45) is 11.7 Å². The minimum absolute atomic E-state index is 0.0368. The molecule has 2 aromatic heterocycles. The Morgan fingerprint density at radius 3 is 3.23 bits per heavy atom. The van der Waals surface area contributed by atoms with Crippen molar-refractivity contribution in [3.8, 4) is 0 Å². The van der Waals surface area contributed by atoms with Crippen molar-refractivity contribution >= 4 is 22.3 Å². The number of nitrogens with zero attached hydrogens (tertiary/aromatic N) is 3. The molecule has 1 aliphatic heterocycles. The second kappa shape index (κ2) is 6.45. The SMILES string of the molecule is NC(=O)NCC1CCCN(Cc2cc(=O)n3ccsc3n2)C1. The van der Waals surface area contributed by atoms with E-state index in [2.05, 4.69) is 15.2 Å². The Bertz CT molecular complexity index is 725. The lowest BCUT2D eigenvalue weighted by Crippen LogP contribution is -2.42. The molecule has 0 aromatic carbocycles.